The third-order valence-corrected chi connectivity index (χ3v) is 5.82. The summed E-state index contributed by atoms with van der Waals surface area (Å²) in [5.74, 6) is -1.18. The molecule has 0 fully saturated rings. The minimum atomic E-state index is -0.578. The maximum atomic E-state index is 12.9. The SMILES string of the molecule is COC(=O)c1c(C)[nH]c(-c2ccc(SC)cc2)c1[C@H]1C(=O)Nc2ccccc21. The van der Waals surface area contributed by atoms with Crippen LogP contribution in [0.5, 0.6) is 0 Å². The summed E-state index contributed by atoms with van der Waals surface area (Å²) in [4.78, 5) is 30.0. The van der Waals surface area contributed by atoms with Crippen LogP contribution in [0.3, 0.4) is 0 Å². The standard InChI is InChI=1S/C22H20N2O3S/c1-12-17(22(26)27-2)19(18-15-6-4-5-7-16(15)24-21(18)25)20(23-12)13-8-10-14(28-3)11-9-13/h4-11,18,23H,1-3H3,(H,24,25)/t18-/m0/s1. The van der Waals surface area contributed by atoms with Crippen LogP contribution in [0.25, 0.3) is 11.3 Å². The molecule has 6 heteroatoms. The Hall–Kier alpha value is -2.99. The van der Waals surface area contributed by atoms with Gasteiger partial charge in [0, 0.05) is 21.8 Å². The van der Waals surface area contributed by atoms with Crippen molar-refractivity contribution in [1.29, 1.82) is 0 Å². The minimum absolute atomic E-state index is 0.146. The van der Waals surface area contributed by atoms with E-state index < -0.39 is 11.9 Å². The van der Waals surface area contributed by atoms with Crippen molar-refractivity contribution < 1.29 is 14.3 Å². The van der Waals surface area contributed by atoms with E-state index in [-0.39, 0.29) is 5.91 Å². The molecule has 0 saturated carbocycles. The normalized spacial score (nSPS) is 15.2. The van der Waals surface area contributed by atoms with E-state index in [0.29, 0.717) is 16.8 Å². The van der Waals surface area contributed by atoms with E-state index in [1.54, 1.807) is 11.8 Å². The fraction of sp³-hybridized carbons (Fsp3) is 0.182. The van der Waals surface area contributed by atoms with Crippen LogP contribution in [-0.4, -0.2) is 30.2 Å². The second kappa shape index (κ2) is 7.20. The van der Waals surface area contributed by atoms with Crippen LogP contribution in [0.2, 0.25) is 0 Å². The van der Waals surface area contributed by atoms with Crippen LogP contribution in [-0.2, 0) is 9.53 Å². The molecule has 0 unspecified atom stereocenters. The number of para-hydroxylation sites is 1. The Morgan fingerprint density at radius 3 is 2.50 bits per heavy atom. The number of methoxy groups -OCH3 is 1. The fourth-order valence-corrected chi connectivity index (χ4v) is 4.19. The topological polar surface area (TPSA) is 71.2 Å². The molecule has 0 radical (unpaired) electrons. The van der Waals surface area contributed by atoms with E-state index in [4.69, 9.17) is 4.74 Å². The summed E-state index contributed by atoms with van der Waals surface area (Å²) in [6.07, 6.45) is 2.02. The maximum absolute atomic E-state index is 12.9. The summed E-state index contributed by atoms with van der Waals surface area (Å²) in [7, 11) is 1.36. The first-order valence-corrected chi connectivity index (χ1v) is 10.1. The Kier molecular flexibility index (Phi) is 4.73. The molecule has 0 aliphatic carbocycles. The van der Waals surface area contributed by atoms with Gasteiger partial charge in [0.05, 0.1) is 24.3 Å². The number of rotatable bonds is 4. The number of thioether (sulfide) groups is 1. The zero-order valence-corrected chi connectivity index (χ0v) is 16.6. The Morgan fingerprint density at radius 1 is 1.11 bits per heavy atom. The number of hydrogen-bond acceptors (Lipinski definition) is 4. The lowest BCUT2D eigenvalue weighted by molar-refractivity contribution is -0.116. The number of aromatic nitrogens is 1. The number of aryl methyl sites for hydroxylation is 1. The van der Waals surface area contributed by atoms with E-state index >= 15 is 0 Å². The molecular formula is C22H20N2O3S. The molecule has 4 rings (SSSR count). The van der Waals surface area contributed by atoms with E-state index in [0.717, 1.165) is 27.4 Å². The van der Waals surface area contributed by atoms with Crippen LogP contribution < -0.4 is 5.32 Å². The molecule has 5 nitrogen and oxygen atoms in total. The van der Waals surface area contributed by atoms with Gasteiger partial charge in [-0.05, 0) is 42.5 Å². The van der Waals surface area contributed by atoms with Gasteiger partial charge in [-0.15, -0.1) is 11.8 Å². The van der Waals surface area contributed by atoms with E-state index in [2.05, 4.69) is 10.3 Å². The van der Waals surface area contributed by atoms with Crippen molar-refractivity contribution in [2.24, 2.45) is 0 Å². The third kappa shape index (κ3) is 2.90. The number of amides is 1. The summed E-state index contributed by atoms with van der Waals surface area (Å²) < 4.78 is 5.03. The minimum Gasteiger partial charge on any atom is -0.465 e. The number of esters is 1. The number of benzene rings is 2. The summed E-state index contributed by atoms with van der Waals surface area (Å²) in [6.45, 7) is 1.83. The molecule has 0 spiro atoms. The molecule has 142 valence electrons. The van der Waals surface area contributed by atoms with Crippen molar-refractivity contribution in [2.45, 2.75) is 17.7 Å². The molecule has 2 N–H and O–H groups in total. The lowest BCUT2D eigenvalue weighted by Crippen LogP contribution is -2.17. The number of carbonyl (C=O) groups is 2. The van der Waals surface area contributed by atoms with Gasteiger partial charge in [-0.3, -0.25) is 4.79 Å². The van der Waals surface area contributed by atoms with Crippen LogP contribution in [0.4, 0.5) is 5.69 Å². The third-order valence-electron chi connectivity index (χ3n) is 5.07. The highest BCUT2D eigenvalue weighted by atomic mass is 32.2. The number of H-pyrrole nitrogens is 1. The molecule has 2 aromatic carbocycles. The number of fused-ring (bicyclic) bond motifs is 1. The molecule has 2 heterocycles. The first-order chi connectivity index (χ1) is 13.5. The first-order valence-electron chi connectivity index (χ1n) is 8.90. The van der Waals surface area contributed by atoms with Crippen LogP contribution in [0.15, 0.2) is 53.4 Å². The van der Waals surface area contributed by atoms with Gasteiger partial charge in [-0.25, -0.2) is 4.79 Å². The van der Waals surface area contributed by atoms with Gasteiger partial charge in [0.15, 0.2) is 0 Å². The van der Waals surface area contributed by atoms with Crippen molar-refractivity contribution >= 4 is 29.3 Å². The van der Waals surface area contributed by atoms with Crippen molar-refractivity contribution in [3.05, 3.63) is 70.9 Å². The van der Waals surface area contributed by atoms with Crippen molar-refractivity contribution in [1.82, 2.24) is 4.98 Å². The summed E-state index contributed by atoms with van der Waals surface area (Å²) in [6, 6.07) is 15.6. The van der Waals surface area contributed by atoms with E-state index in [9.17, 15) is 9.59 Å². The predicted molar refractivity (Wildman–Crippen MR) is 111 cm³/mol. The lowest BCUT2D eigenvalue weighted by atomic mass is 9.87. The fourth-order valence-electron chi connectivity index (χ4n) is 3.78. The van der Waals surface area contributed by atoms with Gasteiger partial charge in [-0.2, -0.15) is 0 Å². The molecule has 3 aromatic rings. The zero-order chi connectivity index (χ0) is 19.8. The van der Waals surface area contributed by atoms with E-state index in [1.807, 2.05) is 61.7 Å². The van der Waals surface area contributed by atoms with Gasteiger partial charge in [0.1, 0.15) is 0 Å². The highest BCUT2D eigenvalue weighted by Gasteiger charge is 2.38. The highest BCUT2D eigenvalue weighted by Crippen LogP contribution is 2.43. The molecule has 1 aromatic heterocycles. The molecule has 28 heavy (non-hydrogen) atoms. The van der Waals surface area contributed by atoms with Gasteiger partial charge >= 0.3 is 5.97 Å². The molecule has 1 aliphatic heterocycles. The quantitative estimate of drug-likeness (QED) is 0.503. The van der Waals surface area contributed by atoms with Crippen LogP contribution >= 0.6 is 11.8 Å². The van der Waals surface area contributed by atoms with Crippen molar-refractivity contribution in [3.63, 3.8) is 0 Å². The Morgan fingerprint density at radius 2 is 1.82 bits per heavy atom. The first kappa shape index (κ1) is 18.4. The monoisotopic (exact) mass is 392 g/mol. The number of ether oxygens (including phenoxy) is 1. The number of anilines is 1. The Bertz CT molecular complexity index is 1070. The molecule has 1 amide bonds. The number of carbonyl (C=O) groups excluding carboxylic acids is 2. The predicted octanol–water partition coefficient (Wildman–Crippen LogP) is 4.58. The van der Waals surface area contributed by atoms with Crippen molar-refractivity contribution in [3.8, 4) is 11.3 Å². The molecule has 1 aliphatic rings. The summed E-state index contributed by atoms with van der Waals surface area (Å²) >= 11 is 1.66. The lowest BCUT2D eigenvalue weighted by Gasteiger charge is -2.14. The second-order valence-corrected chi connectivity index (χ2v) is 7.52. The molecule has 0 bridgehead atoms. The number of aromatic amines is 1. The summed E-state index contributed by atoms with van der Waals surface area (Å²) in [5.41, 5.74) is 5.08. The average Bonchev–Trinajstić information content (AvgIpc) is 3.22. The maximum Gasteiger partial charge on any atom is 0.340 e. The average molecular weight is 392 g/mol. The van der Waals surface area contributed by atoms with Crippen LogP contribution in [0.1, 0.15) is 33.1 Å². The van der Waals surface area contributed by atoms with E-state index in [1.165, 1.54) is 7.11 Å². The number of hydrogen-bond donors (Lipinski definition) is 2. The largest absolute Gasteiger partial charge is 0.465 e. The molecule has 0 saturated heterocycles. The second-order valence-electron chi connectivity index (χ2n) is 6.64. The molecule has 1 atom stereocenters. The van der Waals surface area contributed by atoms with Crippen LogP contribution in [0, 0.1) is 6.92 Å². The smallest absolute Gasteiger partial charge is 0.340 e. The van der Waals surface area contributed by atoms with Gasteiger partial charge in [0.25, 0.3) is 0 Å². The zero-order valence-electron chi connectivity index (χ0n) is 15.8. The van der Waals surface area contributed by atoms with Gasteiger partial charge < -0.3 is 15.0 Å². The van der Waals surface area contributed by atoms with Gasteiger partial charge in [0.2, 0.25) is 5.91 Å². The molecular weight excluding hydrogens is 372 g/mol. The van der Waals surface area contributed by atoms with Crippen molar-refractivity contribution in [2.75, 3.05) is 18.7 Å². The Labute approximate surface area is 167 Å². The summed E-state index contributed by atoms with van der Waals surface area (Å²) in [5, 5.41) is 2.93. The van der Waals surface area contributed by atoms with Gasteiger partial charge in [-0.1, -0.05) is 30.3 Å². The number of nitrogens with one attached hydrogen (secondary N) is 2. The Balaban J connectivity index is 1.96. The highest BCUT2D eigenvalue weighted by molar-refractivity contribution is 7.98.